The Morgan fingerprint density at radius 3 is 2.29 bits per heavy atom. The van der Waals surface area contributed by atoms with Gasteiger partial charge in [-0.25, -0.2) is 9.59 Å². The Morgan fingerprint density at radius 2 is 1.65 bits per heavy atom. The molecule has 0 aliphatic rings. The number of carbonyl (C=O) groups excluding carboxylic acids is 1. The molecule has 0 aliphatic heterocycles. The second-order valence-corrected chi connectivity index (χ2v) is 9.34. The molecular weight excluding hydrogens is 428 g/mol. The van der Waals surface area contributed by atoms with Crippen LogP contribution in [0.15, 0.2) is 53.5 Å². The molecule has 2 aromatic carbocycles. The van der Waals surface area contributed by atoms with Crippen molar-refractivity contribution in [3.8, 4) is 5.75 Å². The van der Waals surface area contributed by atoms with Gasteiger partial charge in [-0.3, -0.25) is 9.13 Å². The lowest BCUT2D eigenvalue weighted by Crippen LogP contribution is -2.39. The molecule has 0 fully saturated rings. The Hall–Kier alpha value is -3.28. The predicted molar refractivity (Wildman–Crippen MR) is 134 cm³/mol. The zero-order valence-electron chi connectivity index (χ0n) is 21.2. The van der Waals surface area contributed by atoms with E-state index < -0.39 is 5.60 Å². The molecule has 0 saturated heterocycles. The van der Waals surface area contributed by atoms with Crippen LogP contribution in [0.1, 0.15) is 55.1 Å². The highest BCUT2D eigenvalue weighted by Crippen LogP contribution is 2.21. The minimum absolute atomic E-state index is 0.0129. The van der Waals surface area contributed by atoms with Crippen LogP contribution in [-0.2, 0) is 36.0 Å². The lowest BCUT2D eigenvalue weighted by molar-refractivity contribution is -0.158. The van der Waals surface area contributed by atoms with E-state index in [1.807, 2.05) is 37.5 Å². The van der Waals surface area contributed by atoms with Gasteiger partial charge in [0.25, 0.3) is 0 Å². The number of carbonyl (C=O) groups is 1. The molecular formula is C28H36N2O4. The second kappa shape index (κ2) is 10.8. The number of rotatable bonds is 10. The lowest BCUT2D eigenvalue weighted by atomic mass is 10.1. The number of hydrogen-bond acceptors (Lipinski definition) is 4. The first kappa shape index (κ1) is 25.3. The molecule has 0 spiro atoms. The minimum atomic E-state index is -1.03. The van der Waals surface area contributed by atoms with Crippen molar-refractivity contribution in [1.29, 1.82) is 0 Å². The van der Waals surface area contributed by atoms with Crippen LogP contribution in [0, 0.1) is 13.8 Å². The van der Waals surface area contributed by atoms with E-state index in [1.165, 1.54) is 16.7 Å². The first-order valence-corrected chi connectivity index (χ1v) is 11.9. The highest BCUT2D eigenvalue weighted by molar-refractivity contribution is 5.79. The average molecular weight is 465 g/mol. The van der Waals surface area contributed by atoms with Gasteiger partial charge < -0.3 is 9.47 Å². The fourth-order valence-corrected chi connectivity index (χ4v) is 3.92. The molecule has 0 radical (unpaired) electrons. The van der Waals surface area contributed by atoms with Crippen molar-refractivity contribution in [2.75, 3.05) is 6.61 Å². The van der Waals surface area contributed by atoms with Gasteiger partial charge in [-0.05, 0) is 88.3 Å². The third kappa shape index (κ3) is 6.19. The van der Waals surface area contributed by atoms with Gasteiger partial charge in [0, 0.05) is 18.9 Å². The molecule has 3 aromatic rings. The Balaban J connectivity index is 1.57. The van der Waals surface area contributed by atoms with Crippen molar-refractivity contribution >= 4 is 5.97 Å². The summed E-state index contributed by atoms with van der Waals surface area (Å²) in [6.07, 6.45) is 4.61. The van der Waals surface area contributed by atoms with E-state index in [9.17, 15) is 9.59 Å². The summed E-state index contributed by atoms with van der Waals surface area (Å²) >= 11 is 0. The number of aryl methyl sites for hydroxylation is 4. The lowest BCUT2D eigenvalue weighted by Gasteiger charge is -2.24. The van der Waals surface area contributed by atoms with Crippen molar-refractivity contribution in [1.82, 2.24) is 9.13 Å². The topological polar surface area (TPSA) is 62.5 Å². The van der Waals surface area contributed by atoms with Gasteiger partial charge in [-0.1, -0.05) is 30.3 Å². The van der Waals surface area contributed by atoms with Crippen LogP contribution in [0.3, 0.4) is 0 Å². The van der Waals surface area contributed by atoms with Gasteiger partial charge >= 0.3 is 11.7 Å². The summed E-state index contributed by atoms with van der Waals surface area (Å²) in [6, 6.07) is 14.1. The van der Waals surface area contributed by atoms with E-state index in [2.05, 4.69) is 32.0 Å². The van der Waals surface area contributed by atoms with E-state index in [1.54, 1.807) is 29.9 Å². The van der Waals surface area contributed by atoms with Gasteiger partial charge in [0.15, 0.2) is 5.60 Å². The third-order valence-corrected chi connectivity index (χ3v) is 6.15. The summed E-state index contributed by atoms with van der Waals surface area (Å²) in [5.41, 5.74) is 4.82. The van der Waals surface area contributed by atoms with Gasteiger partial charge in [-0.15, -0.1) is 0 Å². The maximum Gasteiger partial charge on any atom is 0.349 e. The predicted octanol–water partition coefficient (Wildman–Crippen LogP) is 4.75. The normalized spacial score (nSPS) is 11.5. The molecule has 0 N–H and O–H groups in total. The Labute approximate surface area is 202 Å². The summed E-state index contributed by atoms with van der Waals surface area (Å²) in [6.45, 7) is 10.3. The molecule has 1 heterocycles. The van der Waals surface area contributed by atoms with Gasteiger partial charge in [0.1, 0.15) is 5.75 Å². The van der Waals surface area contributed by atoms with Crippen LogP contribution >= 0.6 is 0 Å². The maximum absolute atomic E-state index is 12.7. The summed E-state index contributed by atoms with van der Waals surface area (Å²) in [5, 5.41) is 0. The van der Waals surface area contributed by atoms with E-state index >= 15 is 0 Å². The molecule has 6 heteroatoms. The molecule has 34 heavy (non-hydrogen) atoms. The third-order valence-electron chi connectivity index (χ3n) is 6.15. The molecule has 1 aromatic heterocycles. The molecule has 0 aliphatic carbocycles. The molecule has 0 atom stereocenters. The standard InChI is InChI=1S/C28H36N2O4/c1-7-33-26(31)28(4,5)34-25-15-13-22(14-16-25)9-8-10-24-19-30(27(32)29(24)6)18-23-12-11-20(2)21(3)17-23/h11-17,19H,7-10,18H2,1-6H3. The summed E-state index contributed by atoms with van der Waals surface area (Å²) < 4.78 is 14.4. The number of imidazole rings is 1. The van der Waals surface area contributed by atoms with E-state index in [0.29, 0.717) is 18.9 Å². The fraction of sp³-hybridized carbons (Fsp3) is 0.429. The van der Waals surface area contributed by atoms with Crippen LogP contribution in [-0.4, -0.2) is 27.3 Å². The van der Waals surface area contributed by atoms with Crippen molar-refractivity contribution in [2.45, 2.75) is 66.0 Å². The second-order valence-electron chi connectivity index (χ2n) is 9.34. The maximum atomic E-state index is 12.7. The van der Waals surface area contributed by atoms with E-state index in [4.69, 9.17) is 9.47 Å². The van der Waals surface area contributed by atoms with Crippen LogP contribution < -0.4 is 10.4 Å². The number of hydrogen-bond donors (Lipinski definition) is 0. The van der Waals surface area contributed by atoms with Crippen LogP contribution in [0.4, 0.5) is 0 Å². The van der Waals surface area contributed by atoms with Gasteiger partial charge in [0.2, 0.25) is 0 Å². The largest absolute Gasteiger partial charge is 0.476 e. The number of benzene rings is 2. The fourth-order valence-electron chi connectivity index (χ4n) is 3.92. The zero-order valence-corrected chi connectivity index (χ0v) is 21.2. The molecule has 0 bridgehead atoms. The number of esters is 1. The molecule has 182 valence electrons. The minimum Gasteiger partial charge on any atom is -0.476 e. The number of ether oxygens (including phenoxy) is 2. The van der Waals surface area contributed by atoms with Gasteiger partial charge in [0.05, 0.1) is 13.2 Å². The van der Waals surface area contributed by atoms with Crippen LogP contribution in [0.2, 0.25) is 0 Å². The smallest absolute Gasteiger partial charge is 0.349 e. The zero-order chi connectivity index (χ0) is 24.9. The van der Waals surface area contributed by atoms with Crippen LogP contribution in [0.25, 0.3) is 0 Å². The Kier molecular flexibility index (Phi) is 8.02. The summed E-state index contributed by atoms with van der Waals surface area (Å²) in [5.74, 6) is 0.252. The summed E-state index contributed by atoms with van der Waals surface area (Å²) in [7, 11) is 1.84. The first-order chi connectivity index (χ1) is 16.1. The quantitative estimate of drug-likeness (QED) is 0.406. The number of nitrogens with zero attached hydrogens (tertiary/aromatic N) is 2. The molecule has 3 rings (SSSR count). The molecule has 0 unspecified atom stereocenters. The highest BCUT2D eigenvalue weighted by atomic mass is 16.6. The first-order valence-electron chi connectivity index (χ1n) is 11.9. The van der Waals surface area contributed by atoms with Crippen LogP contribution in [0.5, 0.6) is 5.75 Å². The summed E-state index contributed by atoms with van der Waals surface area (Å²) in [4.78, 5) is 24.7. The Bertz CT molecular complexity index is 1190. The average Bonchev–Trinajstić information content (AvgIpc) is 3.05. The van der Waals surface area contributed by atoms with Crippen molar-refractivity contribution in [3.63, 3.8) is 0 Å². The SMILES string of the molecule is CCOC(=O)C(C)(C)Oc1ccc(CCCc2cn(Cc3ccc(C)c(C)c3)c(=O)n2C)cc1. The van der Waals surface area contributed by atoms with Crippen molar-refractivity contribution in [3.05, 3.63) is 87.1 Å². The molecule has 0 saturated carbocycles. The van der Waals surface area contributed by atoms with E-state index in [-0.39, 0.29) is 11.7 Å². The molecule has 0 amide bonds. The van der Waals surface area contributed by atoms with Crippen molar-refractivity contribution in [2.24, 2.45) is 7.05 Å². The monoisotopic (exact) mass is 464 g/mol. The van der Waals surface area contributed by atoms with E-state index in [0.717, 1.165) is 30.5 Å². The Morgan fingerprint density at radius 1 is 0.971 bits per heavy atom. The number of aromatic nitrogens is 2. The van der Waals surface area contributed by atoms with Crippen molar-refractivity contribution < 1.29 is 14.3 Å². The highest BCUT2D eigenvalue weighted by Gasteiger charge is 2.31. The van der Waals surface area contributed by atoms with Gasteiger partial charge in [-0.2, -0.15) is 0 Å². The molecule has 6 nitrogen and oxygen atoms in total.